The molecule has 0 bridgehead atoms. The summed E-state index contributed by atoms with van der Waals surface area (Å²) in [6.45, 7) is 6.90. The van der Waals surface area contributed by atoms with Crippen LogP contribution < -0.4 is 14.8 Å². The molecule has 5 nitrogen and oxygen atoms in total. The fraction of sp³-hybridized carbons (Fsp3) is 0.400. The number of halogens is 1. The number of pyridine rings is 1. The molecule has 0 spiro atoms. The van der Waals surface area contributed by atoms with Gasteiger partial charge in [0.2, 0.25) is 5.91 Å². The summed E-state index contributed by atoms with van der Waals surface area (Å²) in [7, 11) is 0. The molecule has 0 radical (unpaired) electrons. The van der Waals surface area contributed by atoms with Gasteiger partial charge in [0, 0.05) is 30.3 Å². The smallest absolute Gasteiger partial charge is 0.222 e. The molecule has 1 aliphatic rings. The molecular formula is C20H23ClN2O3. The van der Waals surface area contributed by atoms with Crippen LogP contribution in [0.5, 0.6) is 11.5 Å². The quantitative estimate of drug-likeness (QED) is 0.717. The summed E-state index contributed by atoms with van der Waals surface area (Å²) in [4.78, 5) is 15.5. The molecule has 26 heavy (non-hydrogen) atoms. The maximum Gasteiger partial charge on any atom is 0.222 e. The highest BCUT2D eigenvalue weighted by Crippen LogP contribution is 2.43. The molecule has 1 amide bonds. The van der Waals surface area contributed by atoms with E-state index in [1.165, 1.54) is 6.92 Å². The number of ether oxygens (including phenoxy) is 2. The van der Waals surface area contributed by atoms with Crippen molar-refractivity contribution in [3.8, 4) is 22.6 Å². The minimum absolute atomic E-state index is 0.159. The van der Waals surface area contributed by atoms with Crippen LogP contribution in [-0.2, 0) is 11.4 Å². The zero-order valence-corrected chi connectivity index (χ0v) is 16.0. The standard InChI is InChI=1S/C20H23ClN2O3/c1-12(2)5-4-6-25-19-9-18-16(7-17(19)21)15-8-20(23-13(3)24)22-10-14(15)11-26-18/h7-10,12H,4-6,11H2,1-3H3,(H,22,23,24). The van der Waals surface area contributed by atoms with Crippen LogP contribution in [0.4, 0.5) is 5.82 Å². The Morgan fingerprint density at radius 1 is 1.35 bits per heavy atom. The van der Waals surface area contributed by atoms with Crippen LogP contribution in [0, 0.1) is 5.92 Å². The lowest BCUT2D eigenvalue weighted by molar-refractivity contribution is -0.114. The molecule has 1 aromatic carbocycles. The molecule has 138 valence electrons. The lowest BCUT2D eigenvalue weighted by Crippen LogP contribution is -2.11. The van der Waals surface area contributed by atoms with Crippen molar-refractivity contribution >= 4 is 23.3 Å². The first-order chi connectivity index (χ1) is 12.4. The van der Waals surface area contributed by atoms with Gasteiger partial charge in [-0.1, -0.05) is 25.4 Å². The molecule has 0 saturated heterocycles. The van der Waals surface area contributed by atoms with Crippen LogP contribution in [0.2, 0.25) is 5.02 Å². The summed E-state index contributed by atoms with van der Waals surface area (Å²) >= 11 is 6.43. The molecule has 0 fully saturated rings. The van der Waals surface area contributed by atoms with E-state index in [2.05, 4.69) is 24.1 Å². The van der Waals surface area contributed by atoms with Crippen LogP contribution in [0.3, 0.4) is 0 Å². The van der Waals surface area contributed by atoms with Gasteiger partial charge in [0.25, 0.3) is 0 Å². The van der Waals surface area contributed by atoms with Gasteiger partial charge in [-0.15, -0.1) is 0 Å². The SMILES string of the molecule is CC(=O)Nc1cc2c(cn1)COc1cc(OCCCC(C)C)c(Cl)cc1-2. The van der Waals surface area contributed by atoms with Gasteiger partial charge in [0.15, 0.2) is 0 Å². The highest BCUT2D eigenvalue weighted by molar-refractivity contribution is 6.32. The lowest BCUT2D eigenvalue weighted by Gasteiger charge is -2.22. The van der Waals surface area contributed by atoms with Gasteiger partial charge in [-0.3, -0.25) is 4.79 Å². The number of hydrogen-bond donors (Lipinski definition) is 1. The van der Waals surface area contributed by atoms with Crippen LogP contribution in [0.15, 0.2) is 24.4 Å². The van der Waals surface area contributed by atoms with Gasteiger partial charge < -0.3 is 14.8 Å². The summed E-state index contributed by atoms with van der Waals surface area (Å²) in [5.74, 6) is 2.36. The van der Waals surface area contributed by atoms with E-state index >= 15 is 0 Å². The van der Waals surface area contributed by atoms with E-state index in [1.54, 1.807) is 6.20 Å². The number of carbonyl (C=O) groups is 1. The molecular weight excluding hydrogens is 352 g/mol. The van der Waals surface area contributed by atoms with Crippen molar-refractivity contribution in [2.75, 3.05) is 11.9 Å². The summed E-state index contributed by atoms with van der Waals surface area (Å²) in [6, 6.07) is 5.54. The normalized spacial score (nSPS) is 12.2. The van der Waals surface area contributed by atoms with Gasteiger partial charge in [0.05, 0.1) is 11.6 Å². The summed E-state index contributed by atoms with van der Waals surface area (Å²) in [6.07, 6.45) is 3.82. The number of hydrogen-bond acceptors (Lipinski definition) is 4. The van der Waals surface area contributed by atoms with Crippen LogP contribution in [-0.4, -0.2) is 17.5 Å². The van der Waals surface area contributed by atoms with E-state index in [9.17, 15) is 4.79 Å². The van der Waals surface area contributed by atoms with Crippen molar-refractivity contribution in [3.05, 3.63) is 35.0 Å². The zero-order valence-electron chi connectivity index (χ0n) is 15.3. The first kappa shape index (κ1) is 18.5. The van der Waals surface area contributed by atoms with Crippen molar-refractivity contribution in [2.24, 2.45) is 5.92 Å². The summed E-state index contributed by atoms with van der Waals surface area (Å²) < 4.78 is 11.7. The van der Waals surface area contributed by atoms with Gasteiger partial charge in [-0.25, -0.2) is 4.98 Å². The Morgan fingerprint density at radius 2 is 2.15 bits per heavy atom. The average Bonchev–Trinajstić information content (AvgIpc) is 2.58. The van der Waals surface area contributed by atoms with Crippen LogP contribution >= 0.6 is 11.6 Å². The largest absolute Gasteiger partial charge is 0.492 e. The molecule has 6 heteroatoms. The zero-order chi connectivity index (χ0) is 18.7. The number of benzene rings is 1. The van der Waals surface area contributed by atoms with Crippen molar-refractivity contribution in [3.63, 3.8) is 0 Å². The third-order valence-corrected chi connectivity index (χ3v) is 4.48. The first-order valence-electron chi connectivity index (χ1n) is 8.80. The molecule has 3 rings (SSSR count). The third-order valence-electron chi connectivity index (χ3n) is 4.18. The predicted octanol–water partition coefficient (Wildman–Crippen LogP) is 5.07. The number of nitrogens with one attached hydrogen (secondary N) is 1. The number of aromatic nitrogens is 1. The van der Waals surface area contributed by atoms with Crippen LogP contribution in [0.25, 0.3) is 11.1 Å². The van der Waals surface area contributed by atoms with Gasteiger partial charge in [-0.2, -0.15) is 0 Å². The van der Waals surface area contributed by atoms with E-state index in [-0.39, 0.29) is 5.91 Å². The Kier molecular flexibility index (Phi) is 5.67. The molecule has 0 saturated carbocycles. The fourth-order valence-corrected chi connectivity index (χ4v) is 3.12. The molecule has 1 N–H and O–H groups in total. The summed E-state index contributed by atoms with van der Waals surface area (Å²) in [5, 5.41) is 3.25. The second-order valence-electron chi connectivity index (χ2n) is 6.86. The highest BCUT2D eigenvalue weighted by Gasteiger charge is 2.21. The Labute approximate surface area is 158 Å². The number of amides is 1. The fourth-order valence-electron chi connectivity index (χ4n) is 2.90. The monoisotopic (exact) mass is 374 g/mol. The molecule has 1 aromatic heterocycles. The Balaban J connectivity index is 1.84. The van der Waals surface area contributed by atoms with Crippen molar-refractivity contribution in [2.45, 2.75) is 40.2 Å². The molecule has 0 unspecified atom stereocenters. The van der Waals surface area contributed by atoms with E-state index in [0.29, 0.717) is 35.7 Å². The average molecular weight is 375 g/mol. The van der Waals surface area contributed by atoms with Gasteiger partial charge >= 0.3 is 0 Å². The molecule has 0 atom stereocenters. The number of nitrogens with zero attached hydrogens (tertiary/aromatic N) is 1. The topological polar surface area (TPSA) is 60.5 Å². The second kappa shape index (κ2) is 7.96. The van der Waals surface area contributed by atoms with Crippen molar-refractivity contribution < 1.29 is 14.3 Å². The Hall–Kier alpha value is -2.27. The van der Waals surface area contributed by atoms with Gasteiger partial charge in [0.1, 0.15) is 23.9 Å². The molecule has 2 aromatic rings. The second-order valence-corrected chi connectivity index (χ2v) is 7.27. The number of carbonyl (C=O) groups excluding carboxylic acids is 1. The predicted molar refractivity (Wildman–Crippen MR) is 103 cm³/mol. The third kappa shape index (κ3) is 4.28. The Morgan fingerprint density at radius 3 is 2.88 bits per heavy atom. The van der Waals surface area contributed by atoms with E-state index < -0.39 is 0 Å². The molecule has 2 heterocycles. The number of anilines is 1. The maximum atomic E-state index is 11.3. The first-order valence-corrected chi connectivity index (χ1v) is 9.18. The number of fused-ring (bicyclic) bond motifs is 3. The minimum atomic E-state index is -0.159. The van der Waals surface area contributed by atoms with Crippen molar-refractivity contribution in [1.29, 1.82) is 0 Å². The maximum absolute atomic E-state index is 11.3. The summed E-state index contributed by atoms with van der Waals surface area (Å²) in [5.41, 5.74) is 2.78. The van der Waals surface area contributed by atoms with Gasteiger partial charge in [-0.05, 0) is 36.5 Å². The van der Waals surface area contributed by atoms with E-state index in [1.807, 2.05) is 18.2 Å². The highest BCUT2D eigenvalue weighted by atomic mass is 35.5. The van der Waals surface area contributed by atoms with E-state index in [0.717, 1.165) is 35.3 Å². The minimum Gasteiger partial charge on any atom is -0.492 e. The molecule has 1 aliphatic heterocycles. The lowest BCUT2D eigenvalue weighted by atomic mass is 9.98. The Bertz CT molecular complexity index is 821. The molecule has 0 aliphatic carbocycles. The van der Waals surface area contributed by atoms with Crippen LogP contribution in [0.1, 0.15) is 39.2 Å². The van der Waals surface area contributed by atoms with E-state index in [4.69, 9.17) is 21.1 Å². The number of rotatable bonds is 6. The van der Waals surface area contributed by atoms with Crippen molar-refractivity contribution in [1.82, 2.24) is 4.98 Å².